The summed E-state index contributed by atoms with van der Waals surface area (Å²) < 4.78 is 1.27. The summed E-state index contributed by atoms with van der Waals surface area (Å²) in [6.07, 6.45) is 11.4. The van der Waals surface area contributed by atoms with Crippen molar-refractivity contribution in [2.75, 3.05) is 67.0 Å². The van der Waals surface area contributed by atoms with Crippen LogP contribution in [0.1, 0.15) is 58.3 Å². The average molecular weight is 313 g/mol. The zero-order chi connectivity index (χ0) is 16.3. The maximum Gasteiger partial charge on any atom is 0.0914 e. The second kappa shape index (κ2) is 11.4. The fraction of sp³-hybridized carbons (Fsp3) is 1.00. The lowest BCUT2D eigenvalue weighted by Gasteiger charge is -2.35. The first-order valence-electron chi connectivity index (χ1n) is 9.76. The Morgan fingerprint density at radius 2 is 1.14 bits per heavy atom. The zero-order valence-electron chi connectivity index (χ0n) is 15.9. The van der Waals surface area contributed by atoms with Crippen LogP contribution in [0.2, 0.25) is 0 Å². The van der Waals surface area contributed by atoms with Gasteiger partial charge < -0.3 is 4.48 Å². The quantitative estimate of drug-likeness (QED) is 0.475. The molecule has 1 fully saturated rings. The van der Waals surface area contributed by atoms with Gasteiger partial charge in [-0.15, -0.1) is 0 Å². The standard InChI is InChI=1S/C19H42N3/c1-5-6-7-8-9-10-11-12-17-22(4)18-15-20(2)13-14-21(3)16-19-22/h5-19H2,1-4H3/q+1. The Bertz CT molecular complexity index is 253. The SMILES string of the molecule is CCCCCCCCCC[N+]1(C)CCN(C)CCN(C)CC1. The number of rotatable bonds is 9. The fourth-order valence-corrected chi connectivity index (χ4v) is 3.35. The van der Waals surface area contributed by atoms with Gasteiger partial charge in [0.15, 0.2) is 0 Å². The van der Waals surface area contributed by atoms with Crippen molar-refractivity contribution in [3.8, 4) is 0 Å². The molecule has 0 radical (unpaired) electrons. The molecule has 0 bridgehead atoms. The summed E-state index contributed by atoms with van der Waals surface area (Å²) in [5.74, 6) is 0. The van der Waals surface area contributed by atoms with Crippen LogP contribution in [0, 0.1) is 0 Å². The number of hydrogen-bond acceptors (Lipinski definition) is 2. The fourth-order valence-electron chi connectivity index (χ4n) is 3.35. The molecule has 0 spiro atoms. The molecule has 0 unspecified atom stereocenters. The van der Waals surface area contributed by atoms with E-state index in [9.17, 15) is 0 Å². The van der Waals surface area contributed by atoms with Gasteiger partial charge >= 0.3 is 0 Å². The highest BCUT2D eigenvalue weighted by atomic mass is 15.4. The van der Waals surface area contributed by atoms with Gasteiger partial charge in [0.2, 0.25) is 0 Å². The highest BCUT2D eigenvalue weighted by Gasteiger charge is 2.23. The van der Waals surface area contributed by atoms with Gasteiger partial charge in [0.1, 0.15) is 0 Å². The van der Waals surface area contributed by atoms with Crippen LogP contribution in [0.25, 0.3) is 0 Å². The zero-order valence-corrected chi connectivity index (χ0v) is 15.9. The molecule has 1 aliphatic rings. The summed E-state index contributed by atoms with van der Waals surface area (Å²) >= 11 is 0. The first-order chi connectivity index (χ1) is 10.6. The highest BCUT2D eigenvalue weighted by Crippen LogP contribution is 2.12. The predicted octanol–water partition coefficient (Wildman–Crippen LogP) is 3.45. The van der Waals surface area contributed by atoms with Gasteiger partial charge in [0.25, 0.3) is 0 Å². The summed E-state index contributed by atoms with van der Waals surface area (Å²) in [5.41, 5.74) is 0. The van der Waals surface area contributed by atoms with Gasteiger partial charge in [-0.3, -0.25) is 9.80 Å². The van der Waals surface area contributed by atoms with E-state index in [1.807, 2.05) is 0 Å². The van der Waals surface area contributed by atoms with Crippen molar-refractivity contribution in [2.24, 2.45) is 0 Å². The summed E-state index contributed by atoms with van der Waals surface area (Å²) in [7, 11) is 7.04. The lowest BCUT2D eigenvalue weighted by Crippen LogP contribution is -2.50. The molecule has 1 heterocycles. The first kappa shape index (κ1) is 19.9. The molecular weight excluding hydrogens is 270 g/mol. The van der Waals surface area contributed by atoms with Gasteiger partial charge in [-0.05, 0) is 26.9 Å². The van der Waals surface area contributed by atoms with E-state index in [-0.39, 0.29) is 0 Å². The van der Waals surface area contributed by atoms with E-state index in [0.717, 1.165) is 0 Å². The Balaban J connectivity index is 2.20. The minimum atomic E-state index is 1.22. The monoisotopic (exact) mass is 312 g/mol. The minimum Gasteiger partial charge on any atom is -0.324 e. The summed E-state index contributed by atoms with van der Waals surface area (Å²) in [4.78, 5) is 5.01. The molecule has 0 aliphatic carbocycles. The summed E-state index contributed by atoms with van der Waals surface area (Å²) in [5, 5.41) is 0. The molecule has 1 rings (SSSR count). The molecule has 0 saturated carbocycles. The number of quaternary nitrogens is 1. The van der Waals surface area contributed by atoms with Crippen molar-refractivity contribution in [3.63, 3.8) is 0 Å². The second-order valence-corrected chi connectivity index (χ2v) is 7.87. The van der Waals surface area contributed by atoms with Crippen LogP contribution in [-0.2, 0) is 0 Å². The van der Waals surface area contributed by atoms with Crippen molar-refractivity contribution in [1.29, 1.82) is 0 Å². The molecule has 0 aromatic rings. The molecule has 0 amide bonds. The van der Waals surface area contributed by atoms with E-state index in [4.69, 9.17) is 0 Å². The molecule has 22 heavy (non-hydrogen) atoms. The van der Waals surface area contributed by atoms with E-state index >= 15 is 0 Å². The number of unbranched alkanes of at least 4 members (excludes halogenated alkanes) is 7. The molecule has 3 heteroatoms. The predicted molar refractivity (Wildman–Crippen MR) is 98.4 cm³/mol. The van der Waals surface area contributed by atoms with Gasteiger partial charge in [-0.1, -0.05) is 45.4 Å². The topological polar surface area (TPSA) is 6.48 Å². The molecule has 0 N–H and O–H groups in total. The Labute approximate surface area is 140 Å². The van der Waals surface area contributed by atoms with Crippen LogP contribution in [0.5, 0.6) is 0 Å². The van der Waals surface area contributed by atoms with Gasteiger partial charge in [-0.2, -0.15) is 0 Å². The van der Waals surface area contributed by atoms with Crippen LogP contribution in [0.3, 0.4) is 0 Å². The first-order valence-corrected chi connectivity index (χ1v) is 9.76. The van der Waals surface area contributed by atoms with E-state index in [0.29, 0.717) is 0 Å². The van der Waals surface area contributed by atoms with Crippen molar-refractivity contribution in [2.45, 2.75) is 58.3 Å². The molecule has 132 valence electrons. The van der Waals surface area contributed by atoms with E-state index in [1.54, 1.807) is 0 Å². The summed E-state index contributed by atoms with van der Waals surface area (Å²) in [6.45, 7) is 11.2. The Kier molecular flexibility index (Phi) is 10.3. The molecule has 0 aromatic heterocycles. The Morgan fingerprint density at radius 3 is 1.64 bits per heavy atom. The minimum absolute atomic E-state index is 1.22. The number of likely N-dealkylation sites (N-methyl/N-ethyl adjacent to an activating group) is 3. The maximum atomic E-state index is 2.51. The highest BCUT2D eigenvalue weighted by molar-refractivity contribution is 4.61. The molecular formula is C19H42N3+. The lowest BCUT2D eigenvalue weighted by molar-refractivity contribution is -0.908. The second-order valence-electron chi connectivity index (χ2n) is 7.87. The Morgan fingerprint density at radius 1 is 0.682 bits per heavy atom. The third-order valence-corrected chi connectivity index (χ3v) is 5.46. The third-order valence-electron chi connectivity index (χ3n) is 5.46. The van der Waals surface area contributed by atoms with Crippen molar-refractivity contribution < 1.29 is 4.48 Å². The smallest absolute Gasteiger partial charge is 0.0914 e. The number of hydrogen-bond donors (Lipinski definition) is 0. The molecule has 1 saturated heterocycles. The average Bonchev–Trinajstić information content (AvgIpc) is 2.57. The Hall–Kier alpha value is -0.120. The van der Waals surface area contributed by atoms with E-state index in [1.165, 1.54) is 102 Å². The van der Waals surface area contributed by atoms with Gasteiger partial charge in [-0.25, -0.2) is 0 Å². The van der Waals surface area contributed by atoms with Crippen molar-refractivity contribution in [1.82, 2.24) is 9.80 Å². The van der Waals surface area contributed by atoms with Crippen LogP contribution in [-0.4, -0.2) is 81.2 Å². The molecule has 1 aliphatic heterocycles. The van der Waals surface area contributed by atoms with E-state index < -0.39 is 0 Å². The molecule has 3 nitrogen and oxygen atoms in total. The summed E-state index contributed by atoms with van der Waals surface area (Å²) in [6, 6.07) is 0. The van der Waals surface area contributed by atoms with Crippen LogP contribution in [0.15, 0.2) is 0 Å². The van der Waals surface area contributed by atoms with Crippen LogP contribution < -0.4 is 0 Å². The lowest BCUT2D eigenvalue weighted by atomic mass is 10.1. The van der Waals surface area contributed by atoms with Crippen molar-refractivity contribution >= 4 is 0 Å². The maximum absolute atomic E-state index is 2.51. The van der Waals surface area contributed by atoms with E-state index in [2.05, 4.69) is 37.9 Å². The van der Waals surface area contributed by atoms with Crippen LogP contribution in [0.4, 0.5) is 0 Å². The number of nitrogens with zero attached hydrogens (tertiary/aromatic N) is 3. The van der Waals surface area contributed by atoms with Crippen molar-refractivity contribution in [3.05, 3.63) is 0 Å². The largest absolute Gasteiger partial charge is 0.324 e. The van der Waals surface area contributed by atoms with Crippen LogP contribution >= 0.6 is 0 Å². The molecule has 0 aromatic carbocycles. The third kappa shape index (κ3) is 9.12. The van der Waals surface area contributed by atoms with Gasteiger partial charge in [0, 0.05) is 26.2 Å². The normalized spacial score (nSPS) is 21.3. The molecule has 0 atom stereocenters. The van der Waals surface area contributed by atoms with Gasteiger partial charge in [0.05, 0.1) is 26.7 Å².